The van der Waals surface area contributed by atoms with Gasteiger partial charge in [0, 0.05) is 36.6 Å². The van der Waals surface area contributed by atoms with Gasteiger partial charge in [0.2, 0.25) is 0 Å². The summed E-state index contributed by atoms with van der Waals surface area (Å²) in [7, 11) is 1.88. The molecule has 0 aliphatic carbocycles. The zero-order valence-corrected chi connectivity index (χ0v) is 11.9. The lowest BCUT2D eigenvalue weighted by Crippen LogP contribution is -2.27. The van der Waals surface area contributed by atoms with Crippen molar-refractivity contribution in [3.8, 4) is 0 Å². The first-order valence-electron chi connectivity index (χ1n) is 6.47. The number of hydrogen-bond donors (Lipinski definition) is 2. The number of aryl methyl sites for hydroxylation is 1. The summed E-state index contributed by atoms with van der Waals surface area (Å²) in [4.78, 5) is 16.3. The second-order valence-electron chi connectivity index (χ2n) is 4.74. The van der Waals surface area contributed by atoms with Gasteiger partial charge in [0.15, 0.2) is 0 Å². The molecule has 0 aliphatic rings. The molecule has 0 aliphatic heterocycles. The summed E-state index contributed by atoms with van der Waals surface area (Å²) in [6.07, 6.45) is 3.37. The number of aromatic nitrogens is 3. The van der Waals surface area contributed by atoms with Crippen molar-refractivity contribution in [1.82, 2.24) is 20.1 Å². The Kier molecular flexibility index (Phi) is 4.14. The van der Waals surface area contributed by atoms with Gasteiger partial charge in [0.05, 0.1) is 17.9 Å². The smallest absolute Gasteiger partial charge is 0.251 e. The molecule has 0 aromatic carbocycles. The maximum Gasteiger partial charge on any atom is 0.251 e. The topological polar surface area (TPSA) is 85.8 Å². The third kappa shape index (κ3) is 2.85. The van der Waals surface area contributed by atoms with Crippen LogP contribution in [0.1, 0.15) is 40.3 Å². The van der Waals surface area contributed by atoms with E-state index in [9.17, 15) is 4.79 Å². The Morgan fingerprint density at radius 1 is 1.55 bits per heavy atom. The third-order valence-electron chi connectivity index (χ3n) is 3.38. The van der Waals surface area contributed by atoms with Crippen molar-refractivity contribution in [2.75, 3.05) is 0 Å². The third-order valence-corrected chi connectivity index (χ3v) is 3.38. The lowest BCUT2D eigenvalue weighted by atomic mass is 10.1. The summed E-state index contributed by atoms with van der Waals surface area (Å²) in [6, 6.07) is 3.28. The van der Waals surface area contributed by atoms with Crippen LogP contribution in [0.15, 0.2) is 24.5 Å². The molecule has 0 bridgehead atoms. The van der Waals surface area contributed by atoms with Crippen molar-refractivity contribution in [3.05, 3.63) is 47.0 Å². The van der Waals surface area contributed by atoms with Crippen LogP contribution in [0, 0.1) is 6.92 Å². The number of nitrogens with two attached hydrogens (primary N) is 1. The molecule has 2 heterocycles. The highest BCUT2D eigenvalue weighted by atomic mass is 16.1. The average Bonchev–Trinajstić information content (AvgIpc) is 2.79. The second-order valence-corrected chi connectivity index (χ2v) is 4.74. The quantitative estimate of drug-likeness (QED) is 0.872. The van der Waals surface area contributed by atoms with E-state index in [0.717, 1.165) is 11.3 Å². The van der Waals surface area contributed by atoms with Gasteiger partial charge in [-0.2, -0.15) is 5.10 Å². The van der Waals surface area contributed by atoms with Crippen molar-refractivity contribution < 1.29 is 4.79 Å². The number of carbonyl (C=O) groups excluding carboxylic acids is 1. The van der Waals surface area contributed by atoms with E-state index in [-0.39, 0.29) is 11.9 Å². The van der Waals surface area contributed by atoms with Crippen molar-refractivity contribution in [2.24, 2.45) is 12.8 Å². The van der Waals surface area contributed by atoms with Gasteiger partial charge >= 0.3 is 0 Å². The molecule has 0 fully saturated rings. The summed E-state index contributed by atoms with van der Waals surface area (Å²) in [5, 5.41) is 7.14. The first-order chi connectivity index (χ1) is 9.52. The standard InChI is InChI=1S/C14H19N5O/c1-9(13-8-17-19(3)10(13)2)18-14(20)11-4-5-16-12(6-11)7-15/h4-6,8-9H,7,15H2,1-3H3,(H,18,20). The van der Waals surface area contributed by atoms with Crippen LogP contribution in [0.2, 0.25) is 0 Å². The van der Waals surface area contributed by atoms with Crippen LogP contribution in [-0.2, 0) is 13.6 Å². The number of hydrogen-bond acceptors (Lipinski definition) is 4. The van der Waals surface area contributed by atoms with Gasteiger partial charge in [-0.05, 0) is 26.0 Å². The number of carbonyl (C=O) groups is 1. The molecule has 6 nitrogen and oxygen atoms in total. The molecule has 2 aromatic heterocycles. The number of nitrogens with one attached hydrogen (secondary N) is 1. The van der Waals surface area contributed by atoms with Crippen molar-refractivity contribution in [1.29, 1.82) is 0 Å². The number of amides is 1. The second kappa shape index (κ2) is 5.83. The first-order valence-corrected chi connectivity index (χ1v) is 6.47. The van der Waals surface area contributed by atoms with E-state index >= 15 is 0 Å². The Morgan fingerprint density at radius 2 is 2.30 bits per heavy atom. The van der Waals surface area contributed by atoms with Crippen molar-refractivity contribution >= 4 is 5.91 Å². The number of pyridine rings is 1. The largest absolute Gasteiger partial charge is 0.345 e. The monoisotopic (exact) mass is 273 g/mol. The molecule has 20 heavy (non-hydrogen) atoms. The minimum Gasteiger partial charge on any atom is -0.345 e. The predicted molar refractivity (Wildman–Crippen MR) is 76.0 cm³/mol. The Bertz CT molecular complexity index is 620. The van der Waals surface area contributed by atoms with Crippen LogP contribution < -0.4 is 11.1 Å². The average molecular weight is 273 g/mol. The van der Waals surface area contributed by atoms with Crippen LogP contribution in [0.5, 0.6) is 0 Å². The molecule has 3 N–H and O–H groups in total. The van der Waals surface area contributed by atoms with Crippen LogP contribution in [0.4, 0.5) is 0 Å². The van der Waals surface area contributed by atoms with Gasteiger partial charge in [0.1, 0.15) is 0 Å². The maximum absolute atomic E-state index is 12.2. The molecule has 0 spiro atoms. The predicted octanol–water partition coefficient (Wildman–Crippen LogP) is 1.07. The highest BCUT2D eigenvalue weighted by molar-refractivity contribution is 5.94. The fourth-order valence-corrected chi connectivity index (χ4v) is 2.03. The van der Waals surface area contributed by atoms with Gasteiger partial charge in [0.25, 0.3) is 5.91 Å². The van der Waals surface area contributed by atoms with Crippen LogP contribution in [0.25, 0.3) is 0 Å². The molecule has 1 atom stereocenters. The highest BCUT2D eigenvalue weighted by Gasteiger charge is 2.15. The minimum atomic E-state index is -0.141. The minimum absolute atomic E-state index is 0.106. The van der Waals surface area contributed by atoms with E-state index < -0.39 is 0 Å². The van der Waals surface area contributed by atoms with Crippen molar-refractivity contribution in [2.45, 2.75) is 26.4 Å². The maximum atomic E-state index is 12.2. The van der Waals surface area contributed by atoms with Gasteiger partial charge in [-0.3, -0.25) is 14.5 Å². The molecule has 1 amide bonds. The van der Waals surface area contributed by atoms with Crippen LogP contribution in [-0.4, -0.2) is 20.7 Å². The van der Waals surface area contributed by atoms with E-state index in [4.69, 9.17) is 5.73 Å². The van der Waals surface area contributed by atoms with E-state index in [0.29, 0.717) is 17.8 Å². The Morgan fingerprint density at radius 3 is 2.90 bits per heavy atom. The fraction of sp³-hybridized carbons (Fsp3) is 0.357. The Labute approximate surface area is 118 Å². The van der Waals surface area contributed by atoms with Gasteiger partial charge < -0.3 is 11.1 Å². The summed E-state index contributed by atoms with van der Waals surface area (Å²) in [5.41, 5.74) is 8.83. The van der Waals surface area contributed by atoms with Crippen LogP contribution in [0.3, 0.4) is 0 Å². The molecular weight excluding hydrogens is 254 g/mol. The van der Waals surface area contributed by atoms with Gasteiger partial charge in [-0.1, -0.05) is 0 Å². The lowest BCUT2D eigenvalue weighted by molar-refractivity contribution is 0.0939. The fourth-order valence-electron chi connectivity index (χ4n) is 2.03. The summed E-state index contributed by atoms with van der Waals surface area (Å²) in [6.45, 7) is 4.23. The summed E-state index contributed by atoms with van der Waals surface area (Å²) >= 11 is 0. The van der Waals surface area contributed by atoms with E-state index in [1.807, 2.05) is 20.9 Å². The number of rotatable bonds is 4. The molecular formula is C14H19N5O. The van der Waals surface area contributed by atoms with Gasteiger partial charge in [-0.25, -0.2) is 0 Å². The first kappa shape index (κ1) is 14.2. The zero-order chi connectivity index (χ0) is 14.7. The molecule has 2 rings (SSSR count). The molecule has 0 radical (unpaired) electrons. The Balaban J connectivity index is 2.13. The highest BCUT2D eigenvalue weighted by Crippen LogP contribution is 2.16. The van der Waals surface area contributed by atoms with Gasteiger partial charge in [-0.15, -0.1) is 0 Å². The van der Waals surface area contributed by atoms with Crippen LogP contribution >= 0.6 is 0 Å². The zero-order valence-electron chi connectivity index (χ0n) is 11.9. The molecule has 106 valence electrons. The molecule has 0 saturated heterocycles. The molecule has 2 aromatic rings. The summed E-state index contributed by atoms with van der Waals surface area (Å²) < 4.78 is 1.79. The van der Waals surface area contributed by atoms with Crippen molar-refractivity contribution in [3.63, 3.8) is 0 Å². The SMILES string of the molecule is Cc1c(C(C)NC(=O)c2ccnc(CN)c2)cnn1C. The van der Waals surface area contributed by atoms with E-state index in [2.05, 4.69) is 15.4 Å². The van der Waals surface area contributed by atoms with E-state index in [1.165, 1.54) is 0 Å². The molecule has 6 heteroatoms. The lowest BCUT2D eigenvalue weighted by Gasteiger charge is -2.14. The normalized spacial score (nSPS) is 12.2. The molecule has 1 unspecified atom stereocenters. The van der Waals surface area contributed by atoms with E-state index in [1.54, 1.807) is 29.2 Å². The Hall–Kier alpha value is -2.21. The number of nitrogens with zero attached hydrogens (tertiary/aromatic N) is 3. The summed E-state index contributed by atoms with van der Waals surface area (Å²) in [5.74, 6) is -0.141. The molecule has 0 saturated carbocycles.